The number of carbonyl (C=O) groups is 3. The molecule has 3 unspecified atom stereocenters. The smallest absolute Gasteiger partial charge is 0.331 e. The zero-order valence-electron chi connectivity index (χ0n) is 10.1. The van der Waals surface area contributed by atoms with Crippen molar-refractivity contribution in [3.8, 4) is 0 Å². The number of aliphatic carboxylic acids is 1. The molecule has 98 valence electrons. The predicted molar refractivity (Wildman–Crippen MR) is 61.7 cm³/mol. The van der Waals surface area contributed by atoms with Gasteiger partial charge in [0.05, 0.1) is 5.92 Å². The predicted octanol–water partition coefficient (Wildman–Crippen LogP) is 1.32. The molecule has 0 aromatic heterocycles. The van der Waals surface area contributed by atoms with Crippen molar-refractivity contribution in [1.29, 1.82) is 0 Å². The minimum absolute atomic E-state index is 0.101. The van der Waals surface area contributed by atoms with Gasteiger partial charge in [0, 0.05) is 17.9 Å². The second-order valence-corrected chi connectivity index (χ2v) is 4.94. The molecular weight excluding hydrogens is 236 g/mol. The summed E-state index contributed by atoms with van der Waals surface area (Å²) in [6, 6.07) is 0. The first-order valence-corrected chi connectivity index (χ1v) is 6.16. The normalized spacial score (nSPS) is 31.4. The Morgan fingerprint density at radius 1 is 1.28 bits per heavy atom. The second-order valence-electron chi connectivity index (χ2n) is 4.94. The summed E-state index contributed by atoms with van der Waals surface area (Å²) in [6.45, 7) is 3.37. The van der Waals surface area contributed by atoms with Crippen molar-refractivity contribution < 1.29 is 24.2 Å². The summed E-state index contributed by atoms with van der Waals surface area (Å²) >= 11 is 0. The number of carboxylic acids is 1. The maximum absolute atomic E-state index is 12.2. The molecule has 0 bridgehead atoms. The van der Waals surface area contributed by atoms with Crippen LogP contribution in [-0.4, -0.2) is 28.9 Å². The van der Waals surface area contributed by atoms with E-state index in [9.17, 15) is 14.4 Å². The van der Waals surface area contributed by atoms with E-state index in [1.165, 1.54) is 0 Å². The van der Waals surface area contributed by atoms with E-state index < -0.39 is 12.1 Å². The molecule has 18 heavy (non-hydrogen) atoms. The minimum Gasteiger partial charge on any atom is -0.478 e. The molecule has 0 aromatic carbocycles. The molecule has 0 amide bonds. The quantitative estimate of drug-likeness (QED) is 0.605. The molecule has 1 heterocycles. The highest BCUT2D eigenvalue weighted by molar-refractivity contribution is 5.96. The topological polar surface area (TPSA) is 80.7 Å². The van der Waals surface area contributed by atoms with Gasteiger partial charge in [-0.2, -0.15) is 0 Å². The molecule has 5 heteroatoms. The summed E-state index contributed by atoms with van der Waals surface area (Å²) in [4.78, 5) is 34.6. The molecule has 2 aliphatic rings. The first-order valence-electron chi connectivity index (χ1n) is 6.16. The molecule has 1 saturated heterocycles. The fraction of sp³-hybridized carbons (Fsp3) is 0.615. The summed E-state index contributed by atoms with van der Waals surface area (Å²) < 4.78 is 5.08. The van der Waals surface area contributed by atoms with Gasteiger partial charge < -0.3 is 9.84 Å². The van der Waals surface area contributed by atoms with Gasteiger partial charge in [0.2, 0.25) is 0 Å². The molecule has 0 radical (unpaired) electrons. The lowest BCUT2D eigenvalue weighted by Gasteiger charge is -2.36. The minimum atomic E-state index is -1.16. The number of hydrogen-bond acceptors (Lipinski definition) is 4. The highest BCUT2D eigenvalue weighted by atomic mass is 16.5. The van der Waals surface area contributed by atoms with Crippen molar-refractivity contribution >= 4 is 17.7 Å². The number of cyclic esters (lactones) is 1. The maximum Gasteiger partial charge on any atom is 0.331 e. The molecule has 1 aliphatic heterocycles. The Bertz CT molecular complexity index is 412. The number of hydrogen-bond donors (Lipinski definition) is 1. The van der Waals surface area contributed by atoms with E-state index >= 15 is 0 Å². The zero-order valence-corrected chi connectivity index (χ0v) is 10.1. The number of ketones is 1. The second kappa shape index (κ2) is 4.92. The number of carboxylic acid groups (broad SMARTS) is 1. The van der Waals surface area contributed by atoms with E-state index in [-0.39, 0.29) is 35.6 Å². The molecule has 0 aromatic rings. The van der Waals surface area contributed by atoms with Crippen LogP contribution in [0.2, 0.25) is 0 Å². The number of rotatable bonds is 3. The molecular formula is C13H16O5. The summed E-state index contributed by atoms with van der Waals surface area (Å²) in [6.07, 6.45) is 2.21. The Morgan fingerprint density at radius 3 is 2.50 bits per heavy atom. The van der Waals surface area contributed by atoms with Gasteiger partial charge in [-0.3, -0.25) is 9.59 Å². The third-order valence-corrected chi connectivity index (χ3v) is 3.74. The SMILES string of the molecule is C=C(CC1OC(=O)C2CCCCC2C1=O)C(=O)O. The van der Waals surface area contributed by atoms with Gasteiger partial charge in [0.15, 0.2) is 11.9 Å². The molecule has 1 saturated carbocycles. The van der Waals surface area contributed by atoms with Crippen LogP contribution in [0.15, 0.2) is 12.2 Å². The zero-order chi connectivity index (χ0) is 13.3. The van der Waals surface area contributed by atoms with Gasteiger partial charge in [-0.05, 0) is 12.8 Å². The number of Topliss-reactive ketones (excluding diaryl/α,β-unsaturated/α-hetero) is 1. The van der Waals surface area contributed by atoms with Crippen LogP contribution >= 0.6 is 0 Å². The van der Waals surface area contributed by atoms with Crippen LogP contribution < -0.4 is 0 Å². The van der Waals surface area contributed by atoms with E-state index in [2.05, 4.69) is 6.58 Å². The van der Waals surface area contributed by atoms with Crippen LogP contribution in [0.4, 0.5) is 0 Å². The van der Waals surface area contributed by atoms with Gasteiger partial charge in [0.25, 0.3) is 0 Å². The van der Waals surface area contributed by atoms with Crippen LogP contribution in [0.25, 0.3) is 0 Å². The molecule has 2 fully saturated rings. The van der Waals surface area contributed by atoms with E-state index in [1.54, 1.807) is 0 Å². The maximum atomic E-state index is 12.2. The summed E-state index contributed by atoms with van der Waals surface area (Å²) in [5, 5.41) is 8.75. The lowest BCUT2D eigenvalue weighted by molar-refractivity contribution is -0.174. The fourth-order valence-electron chi connectivity index (χ4n) is 2.73. The largest absolute Gasteiger partial charge is 0.478 e. The Balaban J connectivity index is 2.10. The summed E-state index contributed by atoms with van der Waals surface area (Å²) in [5.41, 5.74) is -0.101. The average molecular weight is 252 g/mol. The Morgan fingerprint density at radius 2 is 1.89 bits per heavy atom. The third kappa shape index (κ3) is 2.30. The van der Waals surface area contributed by atoms with E-state index in [0.29, 0.717) is 12.8 Å². The van der Waals surface area contributed by atoms with Crippen LogP contribution in [-0.2, 0) is 19.1 Å². The molecule has 5 nitrogen and oxygen atoms in total. The standard InChI is InChI=1S/C13H16O5/c1-7(12(15)16)6-10-11(14)8-4-2-3-5-9(8)13(17)18-10/h8-10H,1-6H2,(H,15,16). The molecule has 3 atom stereocenters. The number of carbonyl (C=O) groups excluding carboxylic acids is 2. The van der Waals surface area contributed by atoms with Crippen LogP contribution in [0.5, 0.6) is 0 Å². The molecule has 2 rings (SSSR count). The number of fused-ring (bicyclic) bond motifs is 1. The van der Waals surface area contributed by atoms with Gasteiger partial charge >= 0.3 is 11.9 Å². The lowest BCUT2D eigenvalue weighted by Crippen LogP contribution is -2.47. The van der Waals surface area contributed by atoms with Crippen molar-refractivity contribution in [2.24, 2.45) is 11.8 Å². The van der Waals surface area contributed by atoms with Crippen molar-refractivity contribution in [3.63, 3.8) is 0 Å². The molecule has 0 spiro atoms. The van der Waals surface area contributed by atoms with E-state index in [4.69, 9.17) is 9.84 Å². The fourth-order valence-corrected chi connectivity index (χ4v) is 2.73. The van der Waals surface area contributed by atoms with Crippen LogP contribution in [0.1, 0.15) is 32.1 Å². The van der Waals surface area contributed by atoms with E-state index in [0.717, 1.165) is 12.8 Å². The summed E-state index contributed by atoms with van der Waals surface area (Å²) in [5.74, 6) is -2.26. The van der Waals surface area contributed by atoms with Gasteiger partial charge in [0.1, 0.15) is 0 Å². The van der Waals surface area contributed by atoms with Crippen LogP contribution in [0, 0.1) is 11.8 Å². The highest BCUT2D eigenvalue weighted by Gasteiger charge is 2.45. The van der Waals surface area contributed by atoms with Gasteiger partial charge in [-0.25, -0.2) is 4.79 Å². The average Bonchev–Trinajstić information content (AvgIpc) is 2.35. The highest BCUT2D eigenvalue weighted by Crippen LogP contribution is 2.37. The summed E-state index contributed by atoms with van der Waals surface area (Å²) in [7, 11) is 0. The third-order valence-electron chi connectivity index (χ3n) is 3.74. The Labute approximate surface area is 105 Å². The lowest BCUT2D eigenvalue weighted by atomic mass is 9.73. The van der Waals surface area contributed by atoms with Gasteiger partial charge in [-0.1, -0.05) is 19.4 Å². The molecule has 1 aliphatic carbocycles. The first kappa shape index (κ1) is 12.8. The Kier molecular flexibility index (Phi) is 3.50. The van der Waals surface area contributed by atoms with Crippen LogP contribution in [0.3, 0.4) is 0 Å². The number of ether oxygens (including phenoxy) is 1. The van der Waals surface area contributed by atoms with E-state index in [1.807, 2.05) is 0 Å². The monoisotopic (exact) mass is 252 g/mol. The Hall–Kier alpha value is -1.65. The van der Waals surface area contributed by atoms with Crippen molar-refractivity contribution in [1.82, 2.24) is 0 Å². The van der Waals surface area contributed by atoms with Crippen molar-refractivity contribution in [2.75, 3.05) is 0 Å². The first-order chi connectivity index (χ1) is 8.50. The molecule has 1 N–H and O–H groups in total. The number of esters is 1. The van der Waals surface area contributed by atoms with Gasteiger partial charge in [-0.15, -0.1) is 0 Å². The van der Waals surface area contributed by atoms with Crippen molar-refractivity contribution in [3.05, 3.63) is 12.2 Å². The van der Waals surface area contributed by atoms with Crippen molar-refractivity contribution in [2.45, 2.75) is 38.2 Å².